The fourth-order valence-corrected chi connectivity index (χ4v) is 6.42. The van der Waals surface area contributed by atoms with E-state index in [1.54, 1.807) is 33.3 Å². The Morgan fingerprint density at radius 3 is 2.09 bits per heavy atom. The molecule has 1 saturated heterocycles. The smallest absolute Gasteiger partial charge is 0.410 e. The summed E-state index contributed by atoms with van der Waals surface area (Å²) in [7, 11) is 6.56. The van der Waals surface area contributed by atoms with Gasteiger partial charge in [0.2, 0.25) is 0 Å². The first-order valence-corrected chi connectivity index (χ1v) is 18.2. The molecule has 0 bridgehead atoms. The maximum absolute atomic E-state index is 12.8. The van der Waals surface area contributed by atoms with Crippen LogP contribution in [0.5, 0.6) is 29.0 Å². The summed E-state index contributed by atoms with van der Waals surface area (Å²) in [4.78, 5) is 29.0. The van der Waals surface area contributed by atoms with Crippen molar-refractivity contribution in [2.45, 2.75) is 91.8 Å². The number of carbonyl (C=O) groups excluding carboxylic acids is 1. The van der Waals surface area contributed by atoms with Crippen LogP contribution in [0.25, 0.3) is 5.65 Å². The van der Waals surface area contributed by atoms with Crippen LogP contribution in [-0.2, 0) is 24.4 Å². The van der Waals surface area contributed by atoms with Gasteiger partial charge in [0.05, 0.1) is 46.4 Å². The van der Waals surface area contributed by atoms with E-state index in [9.17, 15) is 4.79 Å². The van der Waals surface area contributed by atoms with Crippen LogP contribution in [0, 0.1) is 0 Å². The van der Waals surface area contributed by atoms with Crippen molar-refractivity contribution in [1.82, 2.24) is 29.4 Å². The van der Waals surface area contributed by atoms with E-state index in [0.29, 0.717) is 73.7 Å². The Balaban J connectivity index is 1.56. The van der Waals surface area contributed by atoms with Gasteiger partial charge in [0.15, 0.2) is 11.5 Å². The molecule has 288 valence electrons. The minimum Gasteiger partial charge on any atom is -0.497 e. The molecular formula is C39H55N7O7. The highest BCUT2D eigenvalue weighted by molar-refractivity contribution is 5.68. The summed E-state index contributed by atoms with van der Waals surface area (Å²) in [5.41, 5.74) is 2.74. The van der Waals surface area contributed by atoms with Gasteiger partial charge in [-0.25, -0.2) is 14.3 Å². The maximum atomic E-state index is 12.8. The van der Waals surface area contributed by atoms with Crippen molar-refractivity contribution in [2.75, 3.05) is 53.0 Å². The Morgan fingerprint density at radius 2 is 1.57 bits per heavy atom. The normalized spacial score (nSPS) is 15.6. The first-order chi connectivity index (χ1) is 25.4. The van der Waals surface area contributed by atoms with Crippen LogP contribution in [-0.4, -0.2) is 101 Å². The highest BCUT2D eigenvalue weighted by Gasteiger charge is 2.31. The number of hydrogen-bond donors (Lipinski definition) is 0. The molecule has 1 aliphatic heterocycles. The van der Waals surface area contributed by atoms with E-state index < -0.39 is 5.60 Å². The van der Waals surface area contributed by atoms with Crippen molar-refractivity contribution in [3.05, 3.63) is 59.4 Å². The Morgan fingerprint density at radius 1 is 0.943 bits per heavy atom. The summed E-state index contributed by atoms with van der Waals surface area (Å²) in [5.74, 6) is 3.33. The van der Waals surface area contributed by atoms with E-state index >= 15 is 0 Å². The predicted molar refractivity (Wildman–Crippen MR) is 202 cm³/mol. The van der Waals surface area contributed by atoms with Gasteiger partial charge in [-0.05, 0) is 65.3 Å². The molecule has 0 saturated carbocycles. The number of imidazole rings is 1. The van der Waals surface area contributed by atoms with Crippen LogP contribution in [0.2, 0.25) is 0 Å². The van der Waals surface area contributed by atoms with Gasteiger partial charge < -0.3 is 38.2 Å². The molecule has 1 fully saturated rings. The zero-order chi connectivity index (χ0) is 38.3. The first-order valence-electron chi connectivity index (χ1n) is 18.2. The van der Waals surface area contributed by atoms with Crippen LogP contribution in [0.1, 0.15) is 71.2 Å². The minimum absolute atomic E-state index is 0.0741. The van der Waals surface area contributed by atoms with Crippen molar-refractivity contribution < 1.29 is 33.2 Å². The van der Waals surface area contributed by atoms with E-state index in [0.717, 1.165) is 29.7 Å². The summed E-state index contributed by atoms with van der Waals surface area (Å²) in [6.45, 7) is 15.1. The number of amides is 1. The van der Waals surface area contributed by atoms with Gasteiger partial charge in [0, 0.05) is 68.6 Å². The molecule has 4 aromatic rings. The molecule has 5 rings (SSSR count). The average molecular weight is 734 g/mol. The predicted octanol–water partition coefficient (Wildman–Crippen LogP) is 6.37. The lowest BCUT2D eigenvalue weighted by atomic mass is 10.1. The molecule has 0 aliphatic carbocycles. The number of benzene rings is 2. The van der Waals surface area contributed by atoms with Gasteiger partial charge in [0.1, 0.15) is 28.6 Å². The number of aromatic nitrogens is 4. The number of nitrogens with zero attached hydrogens (tertiary/aromatic N) is 7. The van der Waals surface area contributed by atoms with Crippen LogP contribution in [0.3, 0.4) is 0 Å². The largest absolute Gasteiger partial charge is 0.497 e. The molecule has 2 aromatic carbocycles. The second-order valence-electron chi connectivity index (χ2n) is 14.4. The highest BCUT2D eigenvalue weighted by atomic mass is 16.6. The van der Waals surface area contributed by atoms with Crippen LogP contribution < -0.4 is 28.6 Å². The third-order valence-corrected chi connectivity index (χ3v) is 9.19. The molecule has 1 amide bonds. The molecule has 0 radical (unpaired) electrons. The van der Waals surface area contributed by atoms with E-state index in [-0.39, 0.29) is 24.2 Å². The van der Waals surface area contributed by atoms with Gasteiger partial charge in [-0.1, -0.05) is 13.3 Å². The molecule has 2 aromatic heterocycles. The van der Waals surface area contributed by atoms with Crippen LogP contribution >= 0.6 is 0 Å². The number of fused-ring (bicyclic) bond motifs is 1. The summed E-state index contributed by atoms with van der Waals surface area (Å²) in [6, 6.07) is 11.9. The molecule has 14 nitrogen and oxygen atoms in total. The number of piperazine rings is 1. The molecule has 1 unspecified atom stereocenters. The minimum atomic E-state index is -0.551. The van der Waals surface area contributed by atoms with E-state index in [1.807, 2.05) is 74.8 Å². The number of methoxy groups -OCH3 is 4. The van der Waals surface area contributed by atoms with E-state index in [1.165, 1.54) is 0 Å². The Hall–Kier alpha value is -4.98. The van der Waals surface area contributed by atoms with Crippen molar-refractivity contribution in [3.8, 4) is 29.0 Å². The molecular weight excluding hydrogens is 678 g/mol. The van der Waals surface area contributed by atoms with Crippen molar-refractivity contribution >= 4 is 17.6 Å². The van der Waals surface area contributed by atoms with E-state index in [2.05, 4.69) is 23.6 Å². The zero-order valence-corrected chi connectivity index (χ0v) is 32.8. The highest BCUT2D eigenvalue weighted by Crippen LogP contribution is 2.33. The van der Waals surface area contributed by atoms with Gasteiger partial charge in [-0.15, -0.1) is 5.10 Å². The van der Waals surface area contributed by atoms with Gasteiger partial charge in [-0.2, -0.15) is 4.98 Å². The number of rotatable bonds is 15. The van der Waals surface area contributed by atoms with E-state index in [4.69, 9.17) is 43.5 Å². The average Bonchev–Trinajstić information content (AvgIpc) is 3.53. The fraction of sp³-hybridized carbons (Fsp3) is 0.538. The van der Waals surface area contributed by atoms with Crippen molar-refractivity contribution in [2.24, 2.45) is 0 Å². The molecule has 2 atom stereocenters. The SMILES string of the molecule is CCCC(C)Oc1nc(N(Cc2ccc(OC)cc2OC)Cc2ccc(OC)cc2OC)c2ncc(CN3CCN(C(=O)OC(C)(C)C)C[C@H]3C)n2n1. The van der Waals surface area contributed by atoms with Crippen LogP contribution in [0.4, 0.5) is 10.6 Å². The summed E-state index contributed by atoms with van der Waals surface area (Å²) in [6.07, 6.45) is 3.26. The number of hydrogen-bond acceptors (Lipinski definition) is 12. The van der Waals surface area contributed by atoms with Gasteiger partial charge in [0.25, 0.3) is 0 Å². The molecule has 3 heterocycles. The van der Waals surface area contributed by atoms with Crippen molar-refractivity contribution in [3.63, 3.8) is 0 Å². The number of carbonyl (C=O) groups is 1. The maximum Gasteiger partial charge on any atom is 0.410 e. The molecule has 14 heteroatoms. The fourth-order valence-electron chi connectivity index (χ4n) is 6.42. The lowest BCUT2D eigenvalue weighted by Gasteiger charge is -2.40. The molecule has 1 aliphatic rings. The lowest BCUT2D eigenvalue weighted by Crippen LogP contribution is -2.54. The van der Waals surface area contributed by atoms with Gasteiger partial charge >= 0.3 is 12.1 Å². The molecule has 0 spiro atoms. The van der Waals surface area contributed by atoms with Gasteiger partial charge in [-0.3, -0.25) is 4.90 Å². The second kappa shape index (κ2) is 17.2. The third kappa shape index (κ3) is 9.72. The third-order valence-electron chi connectivity index (χ3n) is 9.19. The molecule has 53 heavy (non-hydrogen) atoms. The summed E-state index contributed by atoms with van der Waals surface area (Å²) >= 11 is 0. The monoisotopic (exact) mass is 733 g/mol. The topological polar surface area (TPSA) is 125 Å². The Labute approximate surface area is 312 Å². The first kappa shape index (κ1) is 39.2. The quantitative estimate of drug-likeness (QED) is 0.135. The summed E-state index contributed by atoms with van der Waals surface area (Å²) < 4.78 is 36.5. The van der Waals surface area contributed by atoms with Crippen molar-refractivity contribution in [1.29, 1.82) is 0 Å². The zero-order valence-electron chi connectivity index (χ0n) is 32.8. The standard InChI is InChI=1S/C39H55N7O7/c1-11-12-27(3)52-37-41-36(35-40-21-30(46(35)42-37)25-43-17-18-44(22-26(43)2)38(47)53-39(4,5)6)45(23-28-13-15-31(48-7)19-33(28)50-9)24-29-14-16-32(49-8)20-34(29)51-10/h13-16,19-21,26-27H,11-12,17-18,22-25H2,1-10H3/t26-,27?/m1/s1. The van der Waals surface area contributed by atoms with Crippen LogP contribution in [0.15, 0.2) is 42.6 Å². The molecule has 0 N–H and O–H groups in total. The number of ether oxygens (including phenoxy) is 6. The second-order valence-corrected chi connectivity index (χ2v) is 14.4. The summed E-state index contributed by atoms with van der Waals surface area (Å²) in [5, 5.41) is 4.90. The Bertz CT molecular complexity index is 1790. The lowest BCUT2D eigenvalue weighted by molar-refractivity contribution is 0.00435. The Kier molecular flexibility index (Phi) is 12.8. The number of anilines is 1.